The second-order valence-electron chi connectivity index (χ2n) is 6.05. The van der Waals surface area contributed by atoms with Crippen LogP contribution >= 0.6 is 0 Å². The molecule has 4 aromatic rings. The zero-order valence-electron chi connectivity index (χ0n) is 14.3. The van der Waals surface area contributed by atoms with Gasteiger partial charge in [0.05, 0.1) is 10.9 Å². The fourth-order valence-corrected chi connectivity index (χ4v) is 3.06. The van der Waals surface area contributed by atoms with Crippen molar-refractivity contribution in [1.29, 1.82) is 0 Å². The van der Waals surface area contributed by atoms with E-state index in [1.165, 1.54) is 4.68 Å². The number of para-hydroxylation sites is 1. The molecule has 0 unspecified atom stereocenters. The van der Waals surface area contributed by atoms with E-state index in [0.29, 0.717) is 22.0 Å². The summed E-state index contributed by atoms with van der Waals surface area (Å²) in [4.78, 5) is 25.4. The standard InChI is InChI=1S/C22H16N2O3/c25-20-17-13-7-8-14-18(17)24(23-22(27)16-11-5-2-6-12-16)19(21(20)26)15-9-3-1-4-10-15/h1-14,26H,(H,23,27). The summed E-state index contributed by atoms with van der Waals surface area (Å²) in [5, 5.41) is 11.0. The van der Waals surface area contributed by atoms with Gasteiger partial charge in [-0.1, -0.05) is 60.7 Å². The normalized spacial score (nSPS) is 10.7. The Balaban J connectivity index is 1.98. The molecule has 1 amide bonds. The van der Waals surface area contributed by atoms with Crippen LogP contribution in [0.15, 0.2) is 89.7 Å². The smallest absolute Gasteiger partial charge is 0.270 e. The summed E-state index contributed by atoms with van der Waals surface area (Å²) in [5.41, 5.74) is 4.17. The third-order valence-corrected chi connectivity index (χ3v) is 4.35. The molecule has 132 valence electrons. The van der Waals surface area contributed by atoms with Gasteiger partial charge in [0.2, 0.25) is 5.43 Å². The Labute approximate surface area is 155 Å². The molecule has 0 aliphatic carbocycles. The molecule has 4 rings (SSSR count). The number of nitrogens with zero attached hydrogens (tertiary/aromatic N) is 1. The zero-order valence-corrected chi connectivity index (χ0v) is 14.3. The van der Waals surface area contributed by atoms with Crippen LogP contribution in [0.5, 0.6) is 5.75 Å². The number of pyridine rings is 1. The van der Waals surface area contributed by atoms with Gasteiger partial charge in [0.1, 0.15) is 5.69 Å². The molecule has 1 aromatic heterocycles. The number of carbonyl (C=O) groups is 1. The number of rotatable bonds is 3. The average Bonchev–Trinajstić information content (AvgIpc) is 2.73. The molecule has 0 saturated heterocycles. The maximum atomic E-state index is 12.7. The first-order valence-electron chi connectivity index (χ1n) is 8.45. The zero-order chi connectivity index (χ0) is 18.8. The highest BCUT2D eigenvalue weighted by atomic mass is 16.3. The predicted octanol–water partition coefficient (Wildman–Crippen LogP) is 3.76. The highest BCUT2D eigenvalue weighted by Gasteiger charge is 2.19. The molecule has 27 heavy (non-hydrogen) atoms. The van der Waals surface area contributed by atoms with Gasteiger partial charge < -0.3 is 5.11 Å². The fraction of sp³-hybridized carbons (Fsp3) is 0. The number of fused-ring (bicyclic) bond motifs is 1. The minimum atomic E-state index is -0.477. The second kappa shape index (κ2) is 6.80. The maximum absolute atomic E-state index is 12.7. The number of hydrogen-bond donors (Lipinski definition) is 2. The molecular formula is C22H16N2O3. The Morgan fingerprint density at radius 3 is 2.11 bits per heavy atom. The van der Waals surface area contributed by atoms with E-state index in [2.05, 4.69) is 5.43 Å². The van der Waals surface area contributed by atoms with Crippen LogP contribution in [0.25, 0.3) is 22.2 Å². The summed E-state index contributed by atoms with van der Waals surface area (Å²) in [6.07, 6.45) is 0. The van der Waals surface area contributed by atoms with E-state index in [1.54, 1.807) is 72.8 Å². The van der Waals surface area contributed by atoms with Crippen LogP contribution in [-0.2, 0) is 0 Å². The molecule has 0 spiro atoms. The van der Waals surface area contributed by atoms with Crippen LogP contribution in [0.3, 0.4) is 0 Å². The van der Waals surface area contributed by atoms with Crippen molar-refractivity contribution in [3.63, 3.8) is 0 Å². The van der Waals surface area contributed by atoms with Crippen LogP contribution in [-0.4, -0.2) is 15.7 Å². The van der Waals surface area contributed by atoms with Gasteiger partial charge in [-0.15, -0.1) is 0 Å². The summed E-state index contributed by atoms with van der Waals surface area (Å²) in [5.74, 6) is -0.755. The monoisotopic (exact) mass is 356 g/mol. The highest BCUT2D eigenvalue weighted by molar-refractivity contribution is 6.01. The molecule has 0 atom stereocenters. The van der Waals surface area contributed by atoms with Gasteiger partial charge in [-0.3, -0.25) is 15.0 Å². The quantitative estimate of drug-likeness (QED) is 0.587. The Morgan fingerprint density at radius 1 is 0.815 bits per heavy atom. The summed E-state index contributed by atoms with van der Waals surface area (Å²) in [7, 11) is 0. The largest absolute Gasteiger partial charge is 0.503 e. The molecule has 0 saturated carbocycles. The molecule has 0 aliphatic heterocycles. The van der Waals surface area contributed by atoms with E-state index in [4.69, 9.17) is 0 Å². The van der Waals surface area contributed by atoms with Crippen molar-refractivity contribution in [1.82, 2.24) is 4.68 Å². The molecule has 3 aromatic carbocycles. The average molecular weight is 356 g/mol. The van der Waals surface area contributed by atoms with E-state index in [-0.39, 0.29) is 11.6 Å². The number of aromatic hydroxyl groups is 1. The van der Waals surface area contributed by atoms with E-state index < -0.39 is 11.2 Å². The van der Waals surface area contributed by atoms with Crippen molar-refractivity contribution in [3.8, 4) is 17.0 Å². The van der Waals surface area contributed by atoms with Gasteiger partial charge in [0.25, 0.3) is 5.91 Å². The van der Waals surface area contributed by atoms with Crippen LogP contribution in [0, 0.1) is 0 Å². The SMILES string of the molecule is O=C(Nn1c(-c2ccccc2)c(O)c(=O)c2ccccc21)c1ccccc1. The lowest BCUT2D eigenvalue weighted by Crippen LogP contribution is -2.27. The van der Waals surface area contributed by atoms with Crippen molar-refractivity contribution in [3.05, 3.63) is 101 Å². The molecule has 5 nitrogen and oxygen atoms in total. The number of nitrogens with one attached hydrogen (secondary N) is 1. The van der Waals surface area contributed by atoms with E-state index in [0.717, 1.165) is 0 Å². The molecule has 0 radical (unpaired) electrons. The molecule has 0 bridgehead atoms. The Kier molecular flexibility index (Phi) is 4.18. The van der Waals surface area contributed by atoms with Crippen molar-refractivity contribution >= 4 is 16.8 Å². The Bertz CT molecular complexity index is 1180. The summed E-state index contributed by atoms with van der Waals surface area (Å²) >= 11 is 0. The van der Waals surface area contributed by atoms with Crippen LogP contribution in [0.1, 0.15) is 10.4 Å². The predicted molar refractivity (Wildman–Crippen MR) is 105 cm³/mol. The lowest BCUT2D eigenvalue weighted by atomic mass is 10.1. The second-order valence-corrected chi connectivity index (χ2v) is 6.05. The van der Waals surface area contributed by atoms with Crippen molar-refractivity contribution < 1.29 is 9.90 Å². The Morgan fingerprint density at radius 2 is 1.41 bits per heavy atom. The van der Waals surface area contributed by atoms with Crippen LogP contribution < -0.4 is 10.9 Å². The summed E-state index contributed by atoms with van der Waals surface area (Å²) in [6, 6.07) is 24.6. The van der Waals surface area contributed by atoms with Crippen molar-refractivity contribution in [2.75, 3.05) is 5.43 Å². The van der Waals surface area contributed by atoms with Crippen molar-refractivity contribution in [2.45, 2.75) is 0 Å². The number of carbonyl (C=O) groups excluding carboxylic acids is 1. The van der Waals surface area contributed by atoms with E-state index >= 15 is 0 Å². The summed E-state index contributed by atoms with van der Waals surface area (Å²) < 4.78 is 1.47. The topological polar surface area (TPSA) is 71.3 Å². The Hall–Kier alpha value is -3.86. The fourth-order valence-electron chi connectivity index (χ4n) is 3.06. The molecule has 5 heteroatoms. The van der Waals surface area contributed by atoms with E-state index in [9.17, 15) is 14.7 Å². The van der Waals surface area contributed by atoms with Gasteiger partial charge in [-0.05, 0) is 24.3 Å². The lowest BCUT2D eigenvalue weighted by molar-refractivity contribution is 0.101. The minimum Gasteiger partial charge on any atom is -0.503 e. The third kappa shape index (κ3) is 2.95. The summed E-state index contributed by atoms with van der Waals surface area (Å²) in [6.45, 7) is 0. The molecule has 1 heterocycles. The first-order chi connectivity index (χ1) is 13.2. The van der Waals surface area contributed by atoms with Gasteiger partial charge in [0, 0.05) is 11.1 Å². The van der Waals surface area contributed by atoms with Gasteiger partial charge in [-0.25, -0.2) is 4.68 Å². The number of aromatic nitrogens is 1. The van der Waals surface area contributed by atoms with Gasteiger partial charge >= 0.3 is 0 Å². The number of amides is 1. The lowest BCUT2D eigenvalue weighted by Gasteiger charge is -2.19. The van der Waals surface area contributed by atoms with Gasteiger partial charge in [0.15, 0.2) is 5.75 Å². The van der Waals surface area contributed by atoms with Crippen LogP contribution in [0.2, 0.25) is 0 Å². The number of hydrogen-bond acceptors (Lipinski definition) is 3. The van der Waals surface area contributed by atoms with Crippen LogP contribution in [0.4, 0.5) is 0 Å². The molecule has 0 aliphatic rings. The van der Waals surface area contributed by atoms with E-state index in [1.807, 2.05) is 12.1 Å². The van der Waals surface area contributed by atoms with Gasteiger partial charge in [-0.2, -0.15) is 0 Å². The number of benzene rings is 3. The van der Waals surface area contributed by atoms with Crippen molar-refractivity contribution in [2.24, 2.45) is 0 Å². The first-order valence-corrected chi connectivity index (χ1v) is 8.45. The maximum Gasteiger partial charge on any atom is 0.270 e. The minimum absolute atomic E-state index is 0.239. The molecular weight excluding hydrogens is 340 g/mol. The first kappa shape index (κ1) is 16.6. The molecule has 0 fully saturated rings. The third-order valence-electron chi connectivity index (χ3n) is 4.35. The highest BCUT2D eigenvalue weighted by Crippen LogP contribution is 2.29. The molecule has 2 N–H and O–H groups in total.